The molecule has 0 bridgehead atoms. The van der Waals surface area contributed by atoms with Gasteiger partial charge in [0.25, 0.3) is 0 Å². The second kappa shape index (κ2) is 72.3. The Hall–Kier alpha value is -3.66. The highest BCUT2D eigenvalue weighted by Crippen LogP contribution is 2.30. The van der Waals surface area contributed by atoms with E-state index in [1.54, 1.807) is 27.7 Å². The molecule has 3 fully saturated rings. The molecular formula is C64H118O4. The van der Waals surface area contributed by atoms with Gasteiger partial charge in [-0.15, -0.1) is 0 Å². The van der Waals surface area contributed by atoms with E-state index in [0.717, 1.165) is 56.3 Å². The summed E-state index contributed by atoms with van der Waals surface area (Å²) in [5.41, 5.74) is 0. The highest BCUT2D eigenvalue weighted by atomic mass is 16.1. The van der Waals surface area contributed by atoms with E-state index in [0.29, 0.717) is 41.5 Å². The predicted octanol–water partition coefficient (Wildman–Crippen LogP) is 20.8. The molecule has 4 nitrogen and oxygen atoms in total. The molecule has 3 aliphatic carbocycles. The van der Waals surface area contributed by atoms with Gasteiger partial charge in [0.05, 0.1) is 0 Å². The molecule has 0 amide bonds. The Morgan fingerprint density at radius 1 is 0.324 bits per heavy atom. The Kier molecular flexibility index (Phi) is 86.5. The van der Waals surface area contributed by atoms with Gasteiger partial charge in [0.15, 0.2) is 0 Å². The van der Waals surface area contributed by atoms with E-state index in [1.165, 1.54) is 44.9 Å². The fraction of sp³-hybridized carbons (Fsp3) is 0.656. The molecule has 398 valence electrons. The summed E-state index contributed by atoms with van der Waals surface area (Å²) < 4.78 is 0. The van der Waals surface area contributed by atoms with E-state index in [-0.39, 0.29) is 5.78 Å². The van der Waals surface area contributed by atoms with Crippen LogP contribution in [-0.4, -0.2) is 23.1 Å². The molecule has 3 saturated carbocycles. The average molecular weight is 952 g/mol. The van der Waals surface area contributed by atoms with Crippen molar-refractivity contribution in [1.29, 1.82) is 0 Å². The van der Waals surface area contributed by atoms with Gasteiger partial charge in [-0.1, -0.05) is 279 Å². The maximum Gasteiger partial charge on any atom is 0.132 e. The van der Waals surface area contributed by atoms with E-state index in [1.807, 2.05) is 199 Å². The zero-order valence-corrected chi connectivity index (χ0v) is 49.4. The van der Waals surface area contributed by atoms with Gasteiger partial charge in [-0.05, 0) is 84.0 Å². The molecule has 0 N–H and O–H groups in total. The second-order valence-corrected chi connectivity index (χ2v) is 16.0. The number of ketones is 4. The molecule has 0 aromatic heterocycles. The summed E-state index contributed by atoms with van der Waals surface area (Å²) in [4.78, 5) is 42.6. The summed E-state index contributed by atoms with van der Waals surface area (Å²) in [5.74, 6) is 4.96. The largest absolute Gasteiger partial charge is 0.300 e. The van der Waals surface area contributed by atoms with Crippen molar-refractivity contribution in [2.24, 2.45) is 35.5 Å². The quantitative estimate of drug-likeness (QED) is 0.261. The number of rotatable bonds is 4. The van der Waals surface area contributed by atoms with Gasteiger partial charge in [0.1, 0.15) is 23.1 Å². The molecule has 4 heteroatoms. The number of benzene rings is 3. The van der Waals surface area contributed by atoms with Crippen LogP contribution in [0.1, 0.15) is 242 Å². The fourth-order valence-corrected chi connectivity index (χ4v) is 6.56. The van der Waals surface area contributed by atoms with Crippen LogP contribution >= 0.6 is 0 Å². The lowest BCUT2D eigenvalue weighted by Crippen LogP contribution is -2.19. The summed E-state index contributed by atoms with van der Waals surface area (Å²) in [6, 6.07) is 36.0. The van der Waals surface area contributed by atoms with Crippen LogP contribution in [-0.2, 0) is 19.2 Å². The Bertz CT molecular complexity index is 1080. The first-order valence-electron chi connectivity index (χ1n) is 27.8. The van der Waals surface area contributed by atoms with E-state index in [4.69, 9.17) is 0 Å². The van der Waals surface area contributed by atoms with Gasteiger partial charge in [-0.2, -0.15) is 0 Å². The fourth-order valence-electron chi connectivity index (χ4n) is 6.56. The minimum absolute atomic E-state index is 0.255. The molecule has 6 atom stereocenters. The summed E-state index contributed by atoms with van der Waals surface area (Å²) in [6.45, 7) is 43.6. The van der Waals surface area contributed by atoms with Crippen molar-refractivity contribution in [2.75, 3.05) is 0 Å². The second-order valence-electron chi connectivity index (χ2n) is 16.0. The van der Waals surface area contributed by atoms with E-state index < -0.39 is 0 Å². The molecule has 0 aliphatic heterocycles. The highest BCUT2D eigenvalue weighted by Gasteiger charge is 2.23. The van der Waals surface area contributed by atoms with Crippen LogP contribution < -0.4 is 0 Å². The summed E-state index contributed by atoms with van der Waals surface area (Å²) in [6.07, 6.45) is 16.5. The molecule has 0 saturated heterocycles. The maximum absolute atomic E-state index is 10.9. The third-order valence-corrected chi connectivity index (χ3v) is 10.0. The molecule has 0 radical (unpaired) electrons. The Morgan fingerprint density at radius 3 is 0.529 bits per heavy atom. The van der Waals surface area contributed by atoms with Gasteiger partial charge in [-0.3, -0.25) is 14.4 Å². The molecule has 6 rings (SSSR count). The monoisotopic (exact) mass is 951 g/mol. The van der Waals surface area contributed by atoms with Crippen molar-refractivity contribution < 1.29 is 19.2 Å². The standard InChI is InChI=1S/3C9H16O.3C6H6.C4H8O.C3H8.6C2H6/c3*1-7-4-3-5-9(6-7)8(2)10;3*1-2-4-6-5-3-1;1-3-4(2)5;1-3-2;6*1-2/h3*7,9H,3-6H2,1-2H3;3*1-6H;3H2,1-2H3;3H2,1-2H3;6*1-2H3. The van der Waals surface area contributed by atoms with Gasteiger partial charge < -0.3 is 4.79 Å². The molecule has 0 spiro atoms. The molecule has 3 aromatic rings. The topological polar surface area (TPSA) is 68.3 Å². The lowest BCUT2D eigenvalue weighted by molar-refractivity contribution is -0.122. The van der Waals surface area contributed by atoms with E-state index >= 15 is 0 Å². The summed E-state index contributed by atoms with van der Waals surface area (Å²) >= 11 is 0. The predicted molar refractivity (Wildman–Crippen MR) is 310 cm³/mol. The molecule has 6 unspecified atom stereocenters. The third kappa shape index (κ3) is 68.9. The van der Waals surface area contributed by atoms with Crippen LogP contribution in [0.4, 0.5) is 0 Å². The smallest absolute Gasteiger partial charge is 0.132 e. The lowest BCUT2D eigenvalue weighted by atomic mass is 9.81. The van der Waals surface area contributed by atoms with Crippen molar-refractivity contribution in [3.8, 4) is 0 Å². The van der Waals surface area contributed by atoms with E-state index in [9.17, 15) is 19.2 Å². The van der Waals surface area contributed by atoms with Crippen molar-refractivity contribution in [3.05, 3.63) is 109 Å². The Balaban J connectivity index is -0.0000000993. The molecule has 68 heavy (non-hydrogen) atoms. The van der Waals surface area contributed by atoms with Gasteiger partial charge >= 0.3 is 0 Å². The average Bonchev–Trinajstić information content (AvgIpc) is 3.40. The third-order valence-electron chi connectivity index (χ3n) is 10.0. The first-order chi connectivity index (χ1) is 32.8. The number of carbonyl (C=O) groups excluding carboxylic acids is 4. The maximum atomic E-state index is 10.9. The van der Waals surface area contributed by atoms with Crippen molar-refractivity contribution in [1.82, 2.24) is 0 Å². The van der Waals surface area contributed by atoms with Crippen molar-refractivity contribution in [3.63, 3.8) is 0 Å². The number of hydrogen-bond acceptors (Lipinski definition) is 4. The zero-order valence-electron chi connectivity index (χ0n) is 49.4. The van der Waals surface area contributed by atoms with Gasteiger partial charge in [-0.25, -0.2) is 0 Å². The van der Waals surface area contributed by atoms with Crippen LogP contribution in [0.3, 0.4) is 0 Å². The van der Waals surface area contributed by atoms with Gasteiger partial charge in [0, 0.05) is 24.2 Å². The Labute approximate surface area is 427 Å². The molecular weight excluding hydrogens is 833 g/mol. The van der Waals surface area contributed by atoms with E-state index in [2.05, 4.69) is 34.6 Å². The van der Waals surface area contributed by atoms with Crippen LogP contribution in [0.25, 0.3) is 0 Å². The van der Waals surface area contributed by atoms with Crippen LogP contribution in [0.15, 0.2) is 109 Å². The lowest BCUT2D eigenvalue weighted by Gasteiger charge is -2.24. The number of Topliss-reactive ketones (excluding diaryl/α,β-unsaturated/α-hetero) is 4. The molecule has 0 heterocycles. The number of hydrogen-bond donors (Lipinski definition) is 0. The minimum Gasteiger partial charge on any atom is -0.300 e. The van der Waals surface area contributed by atoms with Crippen molar-refractivity contribution >= 4 is 23.1 Å². The van der Waals surface area contributed by atoms with Crippen LogP contribution in [0.2, 0.25) is 0 Å². The highest BCUT2D eigenvalue weighted by molar-refractivity contribution is 5.79. The zero-order chi connectivity index (χ0) is 54.4. The van der Waals surface area contributed by atoms with Crippen LogP contribution in [0.5, 0.6) is 0 Å². The van der Waals surface area contributed by atoms with Crippen LogP contribution in [0, 0.1) is 35.5 Å². The first kappa shape index (κ1) is 81.3. The number of carbonyl (C=O) groups is 4. The molecule has 3 aliphatic rings. The first-order valence-corrected chi connectivity index (χ1v) is 27.8. The Morgan fingerprint density at radius 2 is 0.456 bits per heavy atom. The SMILES string of the molecule is CC.CC.CC.CC.CC.CC.CC(=O)C1CCCC(C)C1.CC(=O)C1CCCC(C)C1.CC(=O)C1CCCC(C)C1.CCC.CCC(C)=O.c1ccccc1.c1ccccc1.c1ccccc1. The normalized spacial score (nSPS) is 18.4. The summed E-state index contributed by atoms with van der Waals surface area (Å²) in [5, 5.41) is 0. The minimum atomic E-state index is 0.255. The summed E-state index contributed by atoms with van der Waals surface area (Å²) in [7, 11) is 0. The van der Waals surface area contributed by atoms with Gasteiger partial charge in [0.2, 0.25) is 0 Å². The van der Waals surface area contributed by atoms with Crippen molar-refractivity contribution in [2.45, 2.75) is 242 Å². The molecule has 3 aromatic carbocycles.